The number of benzene rings is 1. The topological polar surface area (TPSA) is 56.2 Å². The third kappa shape index (κ3) is 6.34. The quantitative estimate of drug-likeness (QED) is 0.723. The van der Waals surface area contributed by atoms with Gasteiger partial charge in [0.05, 0.1) is 12.1 Å². The number of rotatable bonds is 9. The van der Waals surface area contributed by atoms with Gasteiger partial charge >= 0.3 is 6.61 Å². The van der Waals surface area contributed by atoms with Crippen molar-refractivity contribution in [2.24, 2.45) is 5.92 Å². The Kier molecular flexibility index (Phi) is 7.33. The number of nitrogens with one attached hydrogen (secondary N) is 1. The Morgan fingerprint density at radius 2 is 1.89 bits per heavy atom. The molecule has 1 N–H and O–H groups in total. The second-order valence-electron chi connectivity index (χ2n) is 7.02. The molecule has 27 heavy (non-hydrogen) atoms. The van der Waals surface area contributed by atoms with Crippen molar-refractivity contribution >= 4 is 5.91 Å². The number of carbonyl (C=O) groups excluding carboxylic acids is 1. The van der Waals surface area contributed by atoms with Crippen LogP contribution in [0.25, 0.3) is 0 Å². The van der Waals surface area contributed by atoms with E-state index in [1.807, 2.05) is 18.5 Å². The van der Waals surface area contributed by atoms with Crippen LogP contribution in [0.3, 0.4) is 0 Å². The fourth-order valence-electron chi connectivity index (χ4n) is 2.92. The summed E-state index contributed by atoms with van der Waals surface area (Å²) < 4.78 is 30.6. The lowest BCUT2D eigenvalue weighted by Gasteiger charge is -2.09. The lowest BCUT2D eigenvalue weighted by molar-refractivity contribution is -0.120. The van der Waals surface area contributed by atoms with Crippen molar-refractivity contribution in [2.75, 3.05) is 6.54 Å². The number of aryl methyl sites for hydroxylation is 1. The SMILES string of the molecule is Cc1nn(CC(C)C)c(C)c1CC(=O)NCCc1ccc(OC(F)F)cc1. The van der Waals surface area contributed by atoms with Gasteiger partial charge in [-0.05, 0) is 43.9 Å². The molecule has 1 amide bonds. The zero-order valence-corrected chi connectivity index (χ0v) is 16.3. The lowest BCUT2D eigenvalue weighted by atomic mass is 10.1. The van der Waals surface area contributed by atoms with Gasteiger partial charge in [0.15, 0.2) is 0 Å². The van der Waals surface area contributed by atoms with Gasteiger partial charge in [0, 0.05) is 24.3 Å². The van der Waals surface area contributed by atoms with E-state index >= 15 is 0 Å². The third-order valence-corrected chi connectivity index (χ3v) is 4.29. The molecule has 0 unspecified atom stereocenters. The highest BCUT2D eigenvalue weighted by Gasteiger charge is 2.15. The number of hydrogen-bond acceptors (Lipinski definition) is 3. The van der Waals surface area contributed by atoms with Gasteiger partial charge in [0.1, 0.15) is 5.75 Å². The monoisotopic (exact) mass is 379 g/mol. The van der Waals surface area contributed by atoms with E-state index in [0.29, 0.717) is 25.3 Å². The molecule has 1 heterocycles. The summed E-state index contributed by atoms with van der Waals surface area (Å²) >= 11 is 0. The molecule has 0 atom stereocenters. The van der Waals surface area contributed by atoms with E-state index < -0.39 is 6.61 Å². The molecule has 5 nitrogen and oxygen atoms in total. The van der Waals surface area contributed by atoms with Gasteiger partial charge in [-0.3, -0.25) is 9.48 Å². The Balaban J connectivity index is 1.84. The molecule has 1 aromatic carbocycles. The first-order valence-electron chi connectivity index (χ1n) is 9.09. The number of hydrogen-bond donors (Lipinski definition) is 1. The molecule has 148 valence electrons. The summed E-state index contributed by atoms with van der Waals surface area (Å²) in [6, 6.07) is 6.43. The predicted octanol–water partition coefficient (Wildman–Crippen LogP) is 3.66. The number of halogens is 2. The Bertz CT molecular complexity index is 755. The largest absolute Gasteiger partial charge is 0.435 e. The van der Waals surface area contributed by atoms with E-state index in [9.17, 15) is 13.6 Å². The molecule has 0 fully saturated rings. The van der Waals surface area contributed by atoms with Gasteiger partial charge in [-0.1, -0.05) is 26.0 Å². The number of amides is 1. The van der Waals surface area contributed by atoms with Crippen LogP contribution in [0.1, 0.15) is 36.4 Å². The van der Waals surface area contributed by atoms with Crippen molar-refractivity contribution in [1.82, 2.24) is 15.1 Å². The number of ether oxygens (including phenoxy) is 1. The zero-order chi connectivity index (χ0) is 20.0. The minimum atomic E-state index is -2.83. The summed E-state index contributed by atoms with van der Waals surface area (Å²) in [6.07, 6.45) is 0.919. The molecule has 0 aliphatic rings. The molecule has 0 saturated heterocycles. The van der Waals surface area contributed by atoms with Crippen molar-refractivity contribution in [2.45, 2.75) is 53.7 Å². The molecule has 7 heteroatoms. The molecule has 0 aliphatic heterocycles. The number of alkyl halides is 2. The van der Waals surface area contributed by atoms with Gasteiger partial charge in [-0.2, -0.15) is 13.9 Å². The average Bonchev–Trinajstić information content (AvgIpc) is 2.83. The summed E-state index contributed by atoms with van der Waals surface area (Å²) in [5.74, 6) is 0.562. The zero-order valence-electron chi connectivity index (χ0n) is 16.3. The maximum Gasteiger partial charge on any atom is 0.387 e. The second-order valence-corrected chi connectivity index (χ2v) is 7.02. The summed E-state index contributed by atoms with van der Waals surface area (Å²) in [4.78, 5) is 12.3. The van der Waals surface area contributed by atoms with Crippen LogP contribution in [0.2, 0.25) is 0 Å². The molecular formula is C20H27F2N3O2. The van der Waals surface area contributed by atoms with Crippen molar-refractivity contribution in [3.05, 3.63) is 46.8 Å². The highest BCUT2D eigenvalue weighted by molar-refractivity contribution is 5.79. The Morgan fingerprint density at radius 3 is 2.48 bits per heavy atom. The Morgan fingerprint density at radius 1 is 1.22 bits per heavy atom. The highest BCUT2D eigenvalue weighted by Crippen LogP contribution is 2.16. The van der Waals surface area contributed by atoms with Crippen LogP contribution in [0.5, 0.6) is 5.75 Å². The summed E-state index contributed by atoms with van der Waals surface area (Å²) in [5, 5.41) is 7.44. The molecule has 2 aromatic rings. The van der Waals surface area contributed by atoms with Crippen molar-refractivity contribution < 1.29 is 18.3 Å². The lowest BCUT2D eigenvalue weighted by Crippen LogP contribution is -2.27. The first kappa shape index (κ1) is 20.9. The van der Waals surface area contributed by atoms with E-state index in [1.165, 1.54) is 12.1 Å². The molecule has 0 bridgehead atoms. The van der Waals surface area contributed by atoms with Gasteiger partial charge in [0.2, 0.25) is 5.91 Å². The maximum absolute atomic E-state index is 12.3. The molecule has 0 radical (unpaired) electrons. The molecule has 0 saturated carbocycles. The third-order valence-electron chi connectivity index (χ3n) is 4.29. The molecule has 2 rings (SSSR count). The fraction of sp³-hybridized carbons (Fsp3) is 0.500. The predicted molar refractivity (Wildman–Crippen MR) is 100 cm³/mol. The van der Waals surface area contributed by atoms with E-state index in [2.05, 4.69) is 29.0 Å². The number of aromatic nitrogens is 2. The van der Waals surface area contributed by atoms with Crippen LogP contribution >= 0.6 is 0 Å². The average molecular weight is 379 g/mol. The molecular weight excluding hydrogens is 352 g/mol. The number of carbonyl (C=O) groups is 1. The van der Waals surface area contributed by atoms with Crippen LogP contribution in [-0.2, 0) is 24.2 Å². The fourth-order valence-corrected chi connectivity index (χ4v) is 2.92. The van der Waals surface area contributed by atoms with Gasteiger partial charge < -0.3 is 10.1 Å². The first-order valence-corrected chi connectivity index (χ1v) is 9.09. The Hall–Kier alpha value is -2.44. The van der Waals surface area contributed by atoms with E-state index in [-0.39, 0.29) is 11.7 Å². The maximum atomic E-state index is 12.3. The van der Waals surface area contributed by atoms with Crippen LogP contribution in [0.15, 0.2) is 24.3 Å². The molecule has 0 spiro atoms. The molecule has 0 aliphatic carbocycles. The minimum Gasteiger partial charge on any atom is -0.435 e. The van der Waals surface area contributed by atoms with Crippen LogP contribution in [0.4, 0.5) is 8.78 Å². The standard InChI is InChI=1S/C20H27F2N3O2/c1-13(2)12-25-15(4)18(14(3)24-25)11-19(26)23-10-9-16-5-7-17(8-6-16)27-20(21)22/h5-8,13,20H,9-12H2,1-4H3,(H,23,26). The van der Waals surface area contributed by atoms with E-state index in [1.54, 1.807) is 12.1 Å². The van der Waals surface area contributed by atoms with Crippen LogP contribution in [-0.4, -0.2) is 28.8 Å². The van der Waals surface area contributed by atoms with Gasteiger partial charge in [-0.15, -0.1) is 0 Å². The van der Waals surface area contributed by atoms with Crippen molar-refractivity contribution in [3.63, 3.8) is 0 Å². The summed E-state index contributed by atoms with van der Waals surface area (Å²) in [5.41, 5.74) is 3.83. The smallest absolute Gasteiger partial charge is 0.387 e. The van der Waals surface area contributed by atoms with Crippen molar-refractivity contribution in [1.29, 1.82) is 0 Å². The van der Waals surface area contributed by atoms with E-state index in [0.717, 1.165) is 29.1 Å². The molecule has 1 aromatic heterocycles. The van der Waals surface area contributed by atoms with E-state index in [4.69, 9.17) is 0 Å². The summed E-state index contributed by atoms with van der Waals surface area (Å²) in [6.45, 7) is 6.67. The van der Waals surface area contributed by atoms with Gasteiger partial charge in [-0.25, -0.2) is 0 Å². The normalized spacial score (nSPS) is 11.3. The minimum absolute atomic E-state index is 0.0528. The van der Waals surface area contributed by atoms with Crippen molar-refractivity contribution in [3.8, 4) is 5.75 Å². The Labute approximate surface area is 158 Å². The number of nitrogens with zero attached hydrogens (tertiary/aromatic N) is 2. The highest BCUT2D eigenvalue weighted by atomic mass is 19.3. The van der Waals surface area contributed by atoms with Gasteiger partial charge in [0.25, 0.3) is 0 Å². The van der Waals surface area contributed by atoms with Crippen LogP contribution < -0.4 is 10.1 Å². The van der Waals surface area contributed by atoms with Crippen LogP contribution in [0, 0.1) is 19.8 Å². The first-order chi connectivity index (χ1) is 12.8. The summed E-state index contributed by atoms with van der Waals surface area (Å²) in [7, 11) is 0. The second kappa shape index (κ2) is 9.48.